The molecule has 0 aromatic heterocycles. The molecule has 0 aliphatic carbocycles. The van der Waals surface area contributed by atoms with Gasteiger partial charge >= 0.3 is 6.16 Å². The fraction of sp³-hybridized carbons (Fsp3) is 0.300. The summed E-state index contributed by atoms with van der Waals surface area (Å²) in [5, 5.41) is 8.16. The predicted octanol–water partition coefficient (Wildman–Crippen LogP) is 2.59. The molecular weight excluding hydrogens is 206 g/mol. The van der Waals surface area contributed by atoms with E-state index in [0.29, 0.717) is 18.4 Å². The van der Waals surface area contributed by atoms with E-state index in [9.17, 15) is 13.6 Å². The van der Waals surface area contributed by atoms with E-state index >= 15 is 0 Å². The van der Waals surface area contributed by atoms with Crippen molar-refractivity contribution in [3.63, 3.8) is 0 Å². The molecule has 0 saturated heterocycles. The number of carboxylic acid groups (broad SMARTS) is 1. The predicted molar refractivity (Wildman–Crippen MR) is 48.7 cm³/mol. The van der Waals surface area contributed by atoms with Gasteiger partial charge in [0.05, 0.1) is 6.61 Å². The van der Waals surface area contributed by atoms with Gasteiger partial charge in [0, 0.05) is 6.07 Å². The first-order valence-electron chi connectivity index (χ1n) is 4.38. The number of ether oxygens (including phenoxy) is 1. The lowest BCUT2D eigenvalue weighted by molar-refractivity contribution is 0.0907. The average molecular weight is 216 g/mol. The second kappa shape index (κ2) is 5.29. The summed E-state index contributed by atoms with van der Waals surface area (Å²) < 4.78 is 29.7. The van der Waals surface area contributed by atoms with Crippen molar-refractivity contribution < 1.29 is 23.4 Å². The molecule has 0 spiro atoms. The van der Waals surface area contributed by atoms with Crippen LogP contribution in [0, 0.1) is 11.6 Å². The minimum Gasteiger partial charge on any atom is -0.450 e. The van der Waals surface area contributed by atoms with Crippen molar-refractivity contribution in [3.05, 3.63) is 35.4 Å². The maximum Gasteiger partial charge on any atom is 0.505 e. The Morgan fingerprint density at radius 3 is 2.40 bits per heavy atom. The summed E-state index contributed by atoms with van der Waals surface area (Å²) in [6.07, 6.45) is -0.572. The summed E-state index contributed by atoms with van der Waals surface area (Å²) in [5.41, 5.74) is 0.487. The first kappa shape index (κ1) is 11.4. The van der Waals surface area contributed by atoms with E-state index in [1.807, 2.05) is 0 Å². The average Bonchev–Trinajstić information content (AvgIpc) is 2.10. The molecule has 82 valence electrons. The second-order valence-electron chi connectivity index (χ2n) is 3.00. The number of benzene rings is 1. The zero-order chi connectivity index (χ0) is 11.3. The van der Waals surface area contributed by atoms with Crippen molar-refractivity contribution in [2.75, 3.05) is 6.61 Å². The third kappa shape index (κ3) is 4.39. The van der Waals surface area contributed by atoms with Crippen molar-refractivity contribution in [1.82, 2.24) is 0 Å². The minimum atomic E-state index is -1.35. The maximum atomic E-state index is 12.7. The molecular formula is C10H10F2O3. The van der Waals surface area contributed by atoms with Crippen LogP contribution < -0.4 is 0 Å². The summed E-state index contributed by atoms with van der Waals surface area (Å²) in [4.78, 5) is 9.98. The fourth-order valence-corrected chi connectivity index (χ4v) is 1.19. The second-order valence-corrected chi connectivity index (χ2v) is 3.00. The van der Waals surface area contributed by atoms with E-state index < -0.39 is 17.8 Å². The highest BCUT2D eigenvalue weighted by atomic mass is 19.1. The van der Waals surface area contributed by atoms with Gasteiger partial charge in [-0.05, 0) is 30.5 Å². The van der Waals surface area contributed by atoms with Gasteiger partial charge in [-0.3, -0.25) is 0 Å². The molecule has 0 atom stereocenters. The minimum absolute atomic E-state index is 0.0213. The molecule has 0 heterocycles. The first-order valence-corrected chi connectivity index (χ1v) is 4.38. The van der Waals surface area contributed by atoms with Gasteiger partial charge in [0.2, 0.25) is 0 Å². The van der Waals surface area contributed by atoms with Gasteiger partial charge in [-0.2, -0.15) is 0 Å². The van der Waals surface area contributed by atoms with Crippen LogP contribution in [0.25, 0.3) is 0 Å². The molecule has 0 unspecified atom stereocenters. The van der Waals surface area contributed by atoms with Gasteiger partial charge in [0.15, 0.2) is 0 Å². The van der Waals surface area contributed by atoms with Crippen LogP contribution in [-0.4, -0.2) is 17.9 Å². The van der Waals surface area contributed by atoms with Gasteiger partial charge in [-0.1, -0.05) is 0 Å². The Hall–Kier alpha value is -1.65. The molecule has 0 radical (unpaired) electrons. The number of halogens is 2. The number of hydrogen-bond acceptors (Lipinski definition) is 2. The number of hydrogen-bond donors (Lipinski definition) is 1. The Morgan fingerprint density at radius 1 is 1.27 bits per heavy atom. The molecule has 0 aliphatic heterocycles. The van der Waals surface area contributed by atoms with Crippen molar-refractivity contribution >= 4 is 6.16 Å². The van der Waals surface area contributed by atoms with Gasteiger partial charge in [-0.25, -0.2) is 13.6 Å². The van der Waals surface area contributed by atoms with Crippen molar-refractivity contribution in [1.29, 1.82) is 0 Å². The highest BCUT2D eigenvalue weighted by Crippen LogP contribution is 2.09. The van der Waals surface area contributed by atoms with Crippen LogP contribution in [0.15, 0.2) is 18.2 Å². The molecule has 5 heteroatoms. The van der Waals surface area contributed by atoms with Crippen LogP contribution in [0.4, 0.5) is 13.6 Å². The highest BCUT2D eigenvalue weighted by Gasteiger charge is 2.01. The van der Waals surface area contributed by atoms with Crippen LogP contribution >= 0.6 is 0 Å². The smallest absolute Gasteiger partial charge is 0.450 e. The molecule has 0 saturated carbocycles. The zero-order valence-corrected chi connectivity index (χ0v) is 7.87. The van der Waals surface area contributed by atoms with E-state index in [4.69, 9.17) is 5.11 Å². The lowest BCUT2D eigenvalue weighted by Gasteiger charge is -2.02. The number of rotatable bonds is 4. The van der Waals surface area contributed by atoms with E-state index in [-0.39, 0.29) is 6.61 Å². The van der Waals surface area contributed by atoms with Crippen molar-refractivity contribution in [2.45, 2.75) is 12.8 Å². The topological polar surface area (TPSA) is 46.5 Å². The van der Waals surface area contributed by atoms with Crippen molar-refractivity contribution in [2.24, 2.45) is 0 Å². The molecule has 1 N–H and O–H groups in total. The van der Waals surface area contributed by atoms with Gasteiger partial charge in [0.25, 0.3) is 0 Å². The Bertz CT molecular complexity index is 332. The van der Waals surface area contributed by atoms with E-state index in [2.05, 4.69) is 4.74 Å². The normalized spacial score (nSPS) is 10.0. The molecule has 1 aromatic rings. The third-order valence-electron chi connectivity index (χ3n) is 1.76. The maximum absolute atomic E-state index is 12.7. The third-order valence-corrected chi connectivity index (χ3v) is 1.76. The number of aryl methyl sites for hydroxylation is 1. The summed E-state index contributed by atoms with van der Waals surface area (Å²) in [5.74, 6) is -1.27. The number of carbonyl (C=O) groups is 1. The quantitative estimate of drug-likeness (QED) is 0.621. The molecule has 0 aliphatic rings. The Labute approximate surface area is 85.3 Å². The van der Waals surface area contributed by atoms with Gasteiger partial charge in [0.1, 0.15) is 11.6 Å². The largest absolute Gasteiger partial charge is 0.505 e. The Kier molecular flexibility index (Phi) is 4.03. The van der Waals surface area contributed by atoms with E-state index in [1.165, 1.54) is 12.1 Å². The summed E-state index contributed by atoms with van der Waals surface area (Å²) in [6.45, 7) is 0.0213. The fourth-order valence-electron chi connectivity index (χ4n) is 1.19. The Balaban J connectivity index is 2.40. The lowest BCUT2D eigenvalue weighted by atomic mass is 10.1. The molecule has 3 nitrogen and oxygen atoms in total. The van der Waals surface area contributed by atoms with Crippen LogP contribution in [-0.2, 0) is 11.2 Å². The monoisotopic (exact) mass is 216 g/mol. The molecule has 1 aromatic carbocycles. The molecule has 0 fully saturated rings. The van der Waals surface area contributed by atoms with Crippen LogP contribution in [0.3, 0.4) is 0 Å². The summed E-state index contributed by atoms with van der Waals surface area (Å²) in [6, 6.07) is 3.21. The van der Waals surface area contributed by atoms with E-state index in [1.54, 1.807) is 0 Å². The molecule has 0 amide bonds. The van der Waals surface area contributed by atoms with Crippen LogP contribution in [0.5, 0.6) is 0 Å². The SMILES string of the molecule is O=C(O)OCCCc1cc(F)cc(F)c1. The lowest BCUT2D eigenvalue weighted by Crippen LogP contribution is -2.03. The van der Waals surface area contributed by atoms with E-state index in [0.717, 1.165) is 6.07 Å². The van der Waals surface area contributed by atoms with Crippen molar-refractivity contribution in [3.8, 4) is 0 Å². The highest BCUT2D eigenvalue weighted by molar-refractivity contribution is 5.56. The van der Waals surface area contributed by atoms with Crippen LogP contribution in [0.2, 0.25) is 0 Å². The summed E-state index contributed by atoms with van der Waals surface area (Å²) >= 11 is 0. The zero-order valence-electron chi connectivity index (χ0n) is 7.87. The Morgan fingerprint density at radius 2 is 1.87 bits per heavy atom. The first-order chi connectivity index (χ1) is 7.08. The van der Waals surface area contributed by atoms with Gasteiger partial charge in [-0.15, -0.1) is 0 Å². The molecule has 0 bridgehead atoms. The summed E-state index contributed by atoms with van der Waals surface area (Å²) in [7, 11) is 0. The molecule has 1 rings (SSSR count). The van der Waals surface area contributed by atoms with Crippen LogP contribution in [0.1, 0.15) is 12.0 Å². The standard InChI is InChI=1S/C10H10F2O3/c11-8-4-7(5-9(12)6-8)2-1-3-15-10(13)14/h4-6H,1-3H2,(H,13,14). The molecule has 15 heavy (non-hydrogen) atoms. The van der Waals surface area contributed by atoms with Gasteiger partial charge < -0.3 is 9.84 Å².